The van der Waals surface area contributed by atoms with Crippen molar-refractivity contribution in [3.8, 4) is 0 Å². The second-order valence-corrected chi connectivity index (χ2v) is 6.12. The van der Waals surface area contributed by atoms with Gasteiger partial charge in [0.15, 0.2) is 5.13 Å². The zero-order chi connectivity index (χ0) is 15.2. The molecule has 8 heteroatoms. The summed E-state index contributed by atoms with van der Waals surface area (Å²) >= 11 is 1.66. The zero-order valence-corrected chi connectivity index (χ0v) is 13.1. The first-order valence-corrected chi connectivity index (χ1v) is 8.35. The third-order valence-corrected chi connectivity index (χ3v) is 4.54. The number of hydrogen-bond donors (Lipinski definition) is 2. The number of nitrogens with zero attached hydrogens (tertiary/aromatic N) is 4. The van der Waals surface area contributed by atoms with Gasteiger partial charge in [-0.05, 0) is 18.9 Å². The number of carbonyl (C=O) groups excluding carboxylic acids is 1. The summed E-state index contributed by atoms with van der Waals surface area (Å²) < 4.78 is 1.80. The number of nitrogens with one attached hydrogen (secondary N) is 2. The average Bonchev–Trinajstić information content (AvgIpc) is 3.21. The first-order chi connectivity index (χ1) is 10.8. The number of urea groups is 1. The molecule has 0 radical (unpaired) electrons. The van der Waals surface area contributed by atoms with Gasteiger partial charge in [-0.1, -0.05) is 0 Å². The van der Waals surface area contributed by atoms with E-state index < -0.39 is 0 Å². The Balaban J connectivity index is 1.34. The van der Waals surface area contributed by atoms with Gasteiger partial charge in [0.1, 0.15) is 0 Å². The molecule has 2 amide bonds. The summed E-state index contributed by atoms with van der Waals surface area (Å²) in [5, 5.41) is 13.1. The van der Waals surface area contributed by atoms with Crippen molar-refractivity contribution in [3.05, 3.63) is 30.0 Å². The largest absolute Gasteiger partial charge is 0.348 e. The van der Waals surface area contributed by atoms with Crippen molar-refractivity contribution < 1.29 is 4.79 Å². The summed E-state index contributed by atoms with van der Waals surface area (Å²) in [6.45, 7) is 3.13. The SMILES string of the molecule is O=C(NCCn1cccn1)NC1CCN(c2nccs2)CC1. The van der Waals surface area contributed by atoms with E-state index in [0.717, 1.165) is 31.1 Å². The Hall–Kier alpha value is -2.09. The quantitative estimate of drug-likeness (QED) is 0.871. The molecule has 0 spiro atoms. The van der Waals surface area contributed by atoms with Crippen LogP contribution in [0, 0.1) is 0 Å². The molecule has 2 N–H and O–H groups in total. The Morgan fingerprint density at radius 2 is 2.23 bits per heavy atom. The van der Waals surface area contributed by atoms with Crippen molar-refractivity contribution >= 4 is 22.5 Å². The first kappa shape index (κ1) is 14.8. The molecule has 118 valence electrons. The summed E-state index contributed by atoms with van der Waals surface area (Å²) in [5.41, 5.74) is 0. The molecule has 1 fully saturated rings. The summed E-state index contributed by atoms with van der Waals surface area (Å²) in [7, 11) is 0. The smallest absolute Gasteiger partial charge is 0.315 e. The van der Waals surface area contributed by atoms with Crippen molar-refractivity contribution in [1.29, 1.82) is 0 Å². The number of thiazole rings is 1. The second-order valence-electron chi connectivity index (χ2n) is 5.25. The third kappa shape index (κ3) is 3.97. The summed E-state index contributed by atoms with van der Waals surface area (Å²) in [6, 6.07) is 2.01. The molecule has 3 rings (SSSR count). The maximum Gasteiger partial charge on any atom is 0.315 e. The third-order valence-electron chi connectivity index (χ3n) is 3.71. The first-order valence-electron chi connectivity index (χ1n) is 7.47. The molecule has 1 saturated heterocycles. The van der Waals surface area contributed by atoms with Crippen LogP contribution in [0.4, 0.5) is 9.93 Å². The molecule has 1 aliphatic rings. The minimum atomic E-state index is -0.0974. The molecule has 7 nitrogen and oxygen atoms in total. The number of anilines is 1. The summed E-state index contributed by atoms with van der Waals surface area (Å²) in [5.74, 6) is 0. The van der Waals surface area contributed by atoms with Gasteiger partial charge in [0.2, 0.25) is 0 Å². The van der Waals surface area contributed by atoms with Gasteiger partial charge in [-0.25, -0.2) is 9.78 Å². The normalized spacial score (nSPS) is 15.7. The Morgan fingerprint density at radius 1 is 1.36 bits per heavy atom. The lowest BCUT2D eigenvalue weighted by atomic mass is 10.1. The highest BCUT2D eigenvalue weighted by molar-refractivity contribution is 7.13. The molecule has 0 atom stereocenters. The molecule has 3 heterocycles. The van der Waals surface area contributed by atoms with E-state index in [1.54, 1.807) is 22.2 Å². The zero-order valence-electron chi connectivity index (χ0n) is 12.3. The summed E-state index contributed by atoms with van der Waals surface area (Å²) in [6.07, 6.45) is 7.35. The molecule has 1 aliphatic heterocycles. The van der Waals surface area contributed by atoms with Crippen LogP contribution in [0.1, 0.15) is 12.8 Å². The molecule has 2 aromatic rings. The molecule has 0 bridgehead atoms. The Labute approximate surface area is 133 Å². The number of piperidine rings is 1. The number of aromatic nitrogens is 3. The van der Waals surface area contributed by atoms with Crippen LogP contribution in [-0.2, 0) is 6.54 Å². The predicted octanol–water partition coefficient (Wildman–Crippen LogP) is 1.31. The second kappa shape index (κ2) is 7.26. The van der Waals surface area contributed by atoms with Gasteiger partial charge in [0, 0.05) is 49.6 Å². The summed E-state index contributed by atoms with van der Waals surface area (Å²) in [4.78, 5) is 18.5. The Bertz CT molecular complexity index is 562. The molecule has 0 unspecified atom stereocenters. The number of carbonyl (C=O) groups is 1. The van der Waals surface area contributed by atoms with Crippen LogP contribution in [-0.4, -0.2) is 46.5 Å². The van der Waals surface area contributed by atoms with Crippen molar-refractivity contribution in [2.75, 3.05) is 24.5 Å². The lowest BCUT2D eigenvalue weighted by Crippen LogP contribution is -2.48. The van der Waals surface area contributed by atoms with Crippen LogP contribution in [0.5, 0.6) is 0 Å². The van der Waals surface area contributed by atoms with Crippen molar-refractivity contribution in [1.82, 2.24) is 25.4 Å². The lowest BCUT2D eigenvalue weighted by Gasteiger charge is -2.32. The van der Waals surface area contributed by atoms with E-state index in [-0.39, 0.29) is 12.1 Å². The molecule has 0 aromatic carbocycles. The standard InChI is InChI=1S/C14H20N6OS/c21-13(15-5-10-20-7-1-4-17-20)18-12-2-8-19(9-3-12)14-16-6-11-22-14/h1,4,6-7,11-12H,2-3,5,8-10H2,(H2,15,18,21). The van der Waals surface area contributed by atoms with Crippen molar-refractivity contribution in [2.45, 2.75) is 25.4 Å². The van der Waals surface area contributed by atoms with Crippen LogP contribution in [0.25, 0.3) is 0 Å². The highest BCUT2D eigenvalue weighted by Gasteiger charge is 2.21. The van der Waals surface area contributed by atoms with Crippen molar-refractivity contribution in [3.63, 3.8) is 0 Å². The van der Waals surface area contributed by atoms with E-state index in [4.69, 9.17) is 0 Å². The number of amides is 2. The highest BCUT2D eigenvalue weighted by atomic mass is 32.1. The van der Waals surface area contributed by atoms with Crippen LogP contribution < -0.4 is 15.5 Å². The van der Waals surface area contributed by atoms with E-state index in [1.165, 1.54) is 0 Å². The van der Waals surface area contributed by atoms with E-state index in [9.17, 15) is 4.79 Å². The number of hydrogen-bond acceptors (Lipinski definition) is 5. The lowest BCUT2D eigenvalue weighted by molar-refractivity contribution is 0.234. The molecular weight excluding hydrogens is 300 g/mol. The minimum Gasteiger partial charge on any atom is -0.348 e. The topological polar surface area (TPSA) is 75.1 Å². The van der Waals surface area contributed by atoms with E-state index in [1.807, 2.05) is 23.8 Å². The molecule has 0 aliphatic carbocycles. The van der Waals surface area contributed by atoms with Gasteiger partial charge < -0.3 is 15.5 Å². The van der Waals surface area contributed by atoms with E-state index in [2.05, 4.69) is 25.6 Å². The number of rotatable bonds is 5. The fourth-order valence-electron chi connectivity index (χ4n) is 2.54. The van der Waals surface area contributed by atoms with Gasteiger partial charge in [-0.15, -0.1) is 11.3 Å². The maximum atomic E-state index is 11.9. The molecular formula is C14H20N6OS. The average molecular weight is 320 g/mol. The molecule has 2 aromatic heterocycles. The molecule has 0 saturated carbocycles. The van der Waals surface area contributed by atoms with Crippen molar-refractivity contribution in [2.24, 2.45) is 0 Å². The predicted molar refractivity (Wildman–Crippen MR) is 86.1 cm³/mol. The fraction of sp³-hybridized carbons (Fsp3) is 0.500. The van der Waals surface area contributed by atoms with Crippen LogP contribution in [0.15, 0.2) is 30.0 Å². The Kier molecular flexibility index (Phi) is 4.89. The van der Waals surface area contributed by atoms with Crippen LogP contribution in [0.2, 0.25) is 0 Å². The van der Waals surface area contributed by atoms with Gasteiger partial charge in [-0.2, -0.15) is 5.10 Å². The highest BCUT2D eigenvalue weighted by Crippen LogP contribution is 2.21. The fourth-order valence-corrected chi connectivity index (χ4v) is 3.24. The Morgan fingerprint density at radius 3 is 2.91 bits per heavy atom. The maximum absolute atomic E-state index is 11.9. The molecule has 22 heavy (non-hydrogen) atoms. The van der Waals surface area contributed by atoms with Gasteiger partial charge in [-0.3, -0.25) is 4.68 Å². The van der Waals surface area contributed by atoms with Gasteiger partial charge >= 0.3 is 6.03 Å². The van der Waals surface area contributed by atoms with Crippen LogP contribution in [0.3, 0.4) is 0 Å². The van der Waals surface area contributed by atoms with Gasteiger partial charge in [0.25, 0.3) is 0 Å². The van der Waals surface area contributed by atoms with Crippen LogP contribution >= 0.6 is 11.3 Å². The minimum absolute atomic E-state index is 0.0974. The van der Waals surface area contributed by atoms with E-state index >= 15 is 0 Å². The van der Waals surface area contributed by atoms with Gasteiger partial charge in [0.05, 0.1) is 6.54 Å². The monoisotopic (exact) mass is 320 g/mol. The van der Waals surface area contributed by atoms with E-state index in [0.29, 0.717) is 13.1 Å².